The molecule has 0 aliphatic carbocycles. The van der Waals surface area contributed by atoms with Crippen LogP contribution in [0, 0.1) is 20.8 Å². The molecule has 21 heavy (non-hydrogen) atoms. The van der Waals surface area contributed by atoms with Gasteiger partial charge in [0.05, 0.1) is 11.7 Å². The van der Waals surface area contributed by atoms with Gasteiger partial charge in [-0.25, -0.2) is 0 Å². The van der Waals surface area contributed by atoms with Crippen LogP contribution in [0.1, 0.15) is 58.4 Å². The molecule has 1 amide bonds. The van der Waals surface area contributed by atoms with Gasteiger partial charge in [-0.15, -0.1) is 0 Å². The molecule has 1 N–H and O–H groups in total. The Hall–Kier alpha value is -2.10. The second-order valence-electron chi connectivity index (χ2n) is 5.45. The number of hydrogen-bond acceptors (Lipinski definition) is 3. The predicted molar refractivity (Wildman–Crippen MR) is 82.4 cm³/mol. The Kier molecular flexibility index (Phi) is 4.46. The van der Waals surface area contributed by atoms with Crippen LogP contribution in [0.2, 0.25) is 0 Å². The summed E-state index contributed by atoms with van der Waals surface area (Å²) in [6.07, 6.45) is 0.679. The molecule has 1 aromatic carbocycles. The summed E-state index contributed by atoms with van der Waals surface area (Å²) in [5.74, 6) is 0.438. The molecular formula is C17H22N2O2. The number of aryl methyl sites for hydroxylation is 4. The van der Waals surface area contributed by atoms with Gasteiger partial charge in [0.25, 0.3) is 5.91 Å². The molecule has 4 heteroatoms. The molecule has 0 bridgehead atoms. The van der Waals surface area contributed by atoms with Gasteiger partial charge < -0.3 is 9.84 Å². The lowest BCUT2D eigenvalue weighted by molar-refractivity contribution is 0.0937. The van der Waals surface area contributed by atoms with E-state index in [9.17, 15) is 4.79 Å². The zero-order chi connectivity index (χ0) is 15.6. The minimum Gasteiger partial charge on any atom is -0.361 e. The summed E-state index contributed by atoms with van der Waals surface area (Å²) in [4.78, 5) is 12.4. The van der Waals surface area contributed by atoms with Crippen LogP contribution in [0.25, 0.3) is 0 Å². The lowest BCUT2D eigenvalue weighted by Crippen LogP contribution is -2.27. The van der Waals surface area contributed by atoms with Crippen LogP contribution in [0.3, 0.4) is 0 Å². The van der Waals surface area contributed by atoms with Crippen LogP contribution in [-0.4, -0.2) is 11.1 Å². The number of amides is 1. The van der Waals surface area contributed by atoms with Crippen molar-refractivity contribution in [2.24, 2.45) is 0 Å². The summed E-state index contributed by atoms with van der Waals surface area (Å²) >= 11 is 0. The Morgan fingerprint density at radius 2 is 2.00 bits per heavy atom. The number of hydrogen-bond donors (Lipinski definition) is 1. The number of nitrogens with one attached hydrogen (secondary N) is 1. The average Bonchev–Trinajstić information content (AvgIpc) is 2.82. The zero-order valence-electron chi connectivity index (χ0n) is 13.3. The van der Waals surface area contributed by atoms with Gasteiger partial charge in [0.15, 0.2) is 0 Å². The number of aromatic nitrogens is 1. The number of carbonyl (C=O) groups excluding carboxylic acids is 1. The van der Waals surface area contributed by atoms with Crippen molar-refractivity contribution in [1.82, 2.24) is 10.5 Å². The number of rotatable bonds is 4. The van der Waals surface area contributed by atoms with Crippen LogP contribution >= 0.6 is 0 Å². The second kappa shape index (κ2) is 6.12. The Morgan fingerprint density at radius 1 is 1.29 bits per heavy atom. The molecule has 1 aromatic heterocycles. The summed E-state index contributed by atoms with van der Waals surface area (Å²) in [7, 11) is 0. The first-order chi connectivity index (χ1) is 9.93. The van der Waals surface area contributed by atoms with Crippen molar-refractivity contribution in [2.75, 3.05) is 0 Å². The molecule has 0 saturated heterocycles. The van der Waals surface area contributed by atoms with E-state index in [1.165, 1.54) is 11.1 Å². The maximum absolute atomic E-state index is 12.4. The van der Waals surface area contributed by atoms with Crippen molar-refractivity contribution in [2.45, 2.75) is 47.1 Å². The van der Waals surface area contributed by atoms with Gasteiger partial charge in [0, 0.05) is 0 Å². The van der Waals surface area contributed by atoms with Crippen molar-refractivity contribution in [3.8, 4) is 0 Å². The Balaban J connectivity index is 2.18. The summed E-state index contributed by atoms with van der Waals surface area (Å²) in [5.41, 5.74) is 4.84. The molecule has 2 aromatic rings. The lowest BCUT2D eigenvalue weighted by Gasteiger charge is -2.15. The van der Waals surface area contributed by atoms with Crippen LogP contribution < -0.4 is 5.32 Å². The largest absolute Gasteiger partial charge is 0.361 e. The maximum Gasteiger partial charge on any atom is 0.257 e. The number of carbonyl (C=O) groups is 1. The molecule has 0 aliphatic heterocycles. The van der Waals surface area contributed by atoms with Crippen molar-refractivity contribution < 1.29 is 9.32 Å². The van der Waals surface area contributed by atoms with E-state index < -0.39 is 0 Å². The Labute approximate surface area is 125 Å². The zero-order valence-corrected chi connectivity index (χ0v) is 13.3. The highest BCUT2D eigenvalue weighted by atomic mass is 16.5. The topological polar surface area (TPSA) is 55.1 Å². The standard InChI is InChI=1S/C17H22N2O2/c1-6-15-16(13(5)21-19-15)17(20)18-12(4)14-8-7-10(2)11(3)9-14/h7-9,12H,6H2,1-5H3,(H,18,20)/t12-/m1/s1. The minimum atomic E-state index is -0.128. The molecule has 112 valence electrons. The van der Waals surface area contributed by atoms with Gasteiger partial charge in [-0.05, 0) is 50.8 Å². The van der Waals surface area contributed by atoms with Gasteiger partial charge >= 0.3 is 0 Å². The van der Waals surface area contributed by atoms with Crippen molar-refractivity contribution >= 4 is 5.91 Å². The van der Waals surface area contributed by atoms with Crippen LogP contribution in [0.5, 0.6) is 0 Å². The van der Waals surface area contributed by atoms with E-state index in [-0.39, 0.29) is 11.9 Å². The Bertz CT molecular complexity index is 659. The molecule has 0 spiro atoms. The molecule has 0 radical (unpaired) electrons. The molecule has 2 rings (SSSR count). The van der Waals surface area contributed by atoms with Gasteiger partial charge in [-0.2, -0.15) is 0 Å². The van der Waals surface area contributed by atoms with Gasteiger partial charge in [-0.1, -0.05) is 30.3 Å². The first kappa shape index (κ1) is 15.3. The molecule has 1 heterocycles. The monoisotopic (exact) mass is 286 g/mol. The molecular weight excluding hydrogens is 264 g/mol. The SMILES string of the molecule is CCc1noc(C)c1C(=O)N[C@H](C)c1ccc(C)c(C)c1. The van der Waals surface area contributed by atoms with E-state index in [0.717, 1.165) is 5.56 Å². The lowest BCUT2D eigenvalue weighted by atomic mass is 10.0. The normalized spacial score (nSPS) is 12.2. The summed E-state index contributed by atoms with van der Waals surface area (Å²) < 4.78 is 5.12. The molecule has 1 atom stereocenters. The maximum atomic E-state index is 12.4. The third kappa shape index (κ3) is 3.15. The van der Waals surface area contributed by atoms with E-state index in [0.29, 0.717) is 23.4 Å². The predicted octanol–water partition coefficient (Wildman–Crippen LogP) is 3.65. The summed E-state index contributed by atoms with van der Waals surface area (Å²) in [6, 6.07) is 6.18. The van der Waals surface area contributed by atoms with E-state index in [1.54, 1.807) is 6.92 Å². The Morgan fingerprint density at radius 3 is 2.62 bits per heavy atom. The first-order valence-corrected chi connectivity index (χ1v) is 7.27. The quantitative estimate of drug-likeness (QED) is 0.933. The van der Waals surface area contributed by atoms with E-state index in [1.807, 2.05) is 13.8 Å². The highest BCUT2D eigenvalue weighted by Gasteiger charge is 2.21. The van der Waals surface area contributed by atoms with Gasteiger partial charge in [0.1, 0.15) is 11.3 Å². The molecule has 0 fully saturated rings. The third-order valence-corrected chi connectivity index (χ3v) is 3.87. The highest BCUT2D eigenvalue weighted by Crippen LogP contribution is 2.19. The second-order valence-corrected chi connectivity index (χ2v) is 5.45. The smallest absolute Gasteiger partial charge is 0.257 e. The fourth-order valence-corrected chi connectivity index (χ4v) is 2.34. The third-order valence-electron chi connectivity index (χ3n) is 3.87. The van der Waals surface area contributed by atoms with Crippen LogP contribution in [0.15, 0.2) is 22.7 Å². The van der Waals surface area contributed by atoms with Crippen molar-refractivity contribution in [3.63, 3.8) is 0 Å². The molecule has 0 saturated carbocycles. The van der Waals surface area contributed by atoms with E-state index in [4.69, 9.17) is 4.52 Å². The van der Waals surface area contributed by atoms with Crippen LogP contribution in [0.4, 0.5) is 0 Å². The molecule has 0 aliphatic rings. The molecule has 4 nitrogen and oxygen atoms in total. The van der Waals surface area contributed by atoms with Gasteiger partial charge in [-0.3, -0.25) is 4.79 Å². The minimum absolute atomic E-state index is 0.0594. The number of benzene rings is 1. The fraction of sp³-hybridized carbons (Fsp3) is 0.412. The molecule has 0 unspecified atom stereocenters. The average molecular weight is 286 g/mol. The van der Waals surface area contributed by atoms with Crippen molar-refractivity contribution in [3.05, 3.63) is 51.9 Å². The first-order valence-electron chi connectivity index (χ1n) is 7.27. The van der Waals surface area contributed by atoms with E-state index in [2.05, 4.69) is 42.5 Å². The van der Waals surface area contributed by atoms with Gasteiger partial charge in [0.2, 0.25) is 0 Å². The fourth-order valence-electron chi connectivity index (χ4n) is 2.34. The van der Waals surface area contributed by atoms with Crippen LogP contribution in [-0.2, 0) is 6.42 Å². The highest BCUT2D eigenvalue weighted by molar-refractivity contribution is 5.96. The van der Waals surface area contributed by atoms with E-state index >= 15 is 0 Å². The number of nitrogens with zero attached hydrogens (tertiary/aromatic N) is 1. The summed E-state index contributed by atoms with van der Waals surface area (Å²) in [5, 5.41) is 6.95. The summed E-state index contributed by atoms with van der Waals surface area (Å²) in [6.45, 7) is 9.86. The van der Waals surface area contributed by atoms with Crippen molar-refractivity contribution in [1.29, 1.82) is 0 Å².